The molecule has 0 radical (unpaired) electrons. The summed E-state index contributed by atoms with van der Waals surface area (Å²) in [6, 6.07) is 5.32. The van der Waals surface area contributed by atoms with Gasteiger partial charge in [-0.1, -0.05) is 6.07 Å². The molecule has 0 fully saturated rings. The van der Waals surface area contributed by atoms with Gasteiger partial charge in [-0.25, -0.2) is 13.1 Å². The van der Waals surface area contributed by atoms with E-state index in [0.717, 1.165) is 5.56 Å². The molecule has 2 heterocycles. The molecule has 0 aliphatic heterocycles. The van der Waals surface area contributed by atoms with Crippen LogP contribution in [0.15, 0.2) is 40.2 Å². The van der Waals surface area contributed by atoms with E-state index in [4.69, 9.17) is 0 Å². The molecule has 2 aromatic rings. The minimum absolute atomic E-state index is 0.366. The quantitative estimate of drug-likeness (QED) is 0.897. The maximum absolute atomic E-state index is 11.8. The third kappa shape index (κ3) is 3.18. The van der Waals surface area contributed by atoms with E-state index in [-0.39, 0.29) is 0 Å². The zero-order valence-electron chi connectivity index (χ0n) is 9.46. The second-order valence-corrected chi connectivity index (χ2v) is 6.71. The Morgan fingerprint density at radius 1 is 1.41 bits per heavy atom. The molecular weight excluding hydrogens is 256 g/mol. The standard InChI is InChI=1S/C11H14N2O2S2/c1-13-7-5-10(9-13)4-6-12-17(14,15)11-3-2-8-16-11/h2-3,5,7-9,12H,4,6H2,1H3. The van der Waals surface area contributed by atoms with Gasteiger partial charge in [0.15, 0.2) is 0 Å². The van der Waals surface area contributed by atoms with Crippen molar-refractivity contribution in [2.75, 3.05) is 6.54 Å². The Morgan fingerprint density at radius 3 is 2.82 bits per heavy atom. The first-order valence-corrected chi connectivity index (χ1v) is 7.58. The van der Waals surface area contributed by atoms with Gasteiger partial charge < -0.3 is 4.57 Å². The van der Waals surface area contributed by atoms with E-state index < -0.39 is 10.0 Å². The van der Waals surface area contributed by atoms with Gasteiger partial charge in [-0.05, 0) is 29.5 Å². The highest BCUT2D eigenvalue weighted by Gasteiger charge is 2.13. The average molecular weight is 270 g/mol. The van der Waals surface area contributed by atoms with Crippen molar-refractivity contribution in [3.05, 3.63) is 41.5 Å². The van der Waals surface area contributed by atoms with Crippen LogP contribution in [0.5, 0.6) is 0 Å². The lowest BCUT2D eigenvalue weighted by Crippen LogP contribution is -2.25. The van der Waals surface area contributed by atoms with Crippen molar-refractivity contribution in [2.24, 2.45) is 7.05 Å². The Bertz CT molecular complexity index is 570. The van der Waals surface area contributed by atoms with Gasteiger partial charge in [-0.2, -0.15) is 0 Å². The highest BCUT2D eigenvalue weighted by molar-refractivity contribution is 7.91. The van der Waals surface area contributed by atoms with E-state index in [1.54, 1.807) is 17.5 Å². The summed E-state index contributed by atoms with van der Waals surface area (Å²) in [5, 5.41) is 1.76. The first-order valence-electron chi connectivity index (χ1n) is 5.22. The first-order chi connectivity index (χ1) is 8.08. The lowest BCUT2D eigenvalue weighted by Gasteiger charge is -2.03. The molecule has 0 aliphatic rings. The van der Waals surface area contributed by atoms with Gasteiger partial charge >= 0.3 is 0 Å². The number of rotatable bonds is 5. The summed E-state index contributed by atoms with van der Waals surface area (Å²) in [6.45, 7) is 0.421. The molecule has 0 bridgehead atoms. The first kappa shape index (κ1) is 12.3. The number of nitrogens with zero attached hydrogens (tertiary/aromatic N) is 1. The van der Waals surface area contributed by atoms with Crippen molar-refractivity contribution in [3.63, 3.8) is 0 Å². The van der Waals surface area contributed by atoms with Crippen LogP contribution in [0.1, 0.15) is 5.56 Å². The number of hydrogen-bond donors (Lipinski definition) is 1. The SMILES string of the molecule is Cn1ccc(CCNS(=O)(=O)c2cccs2)c1. The molecule has 0 saturated carbocycles. The molecule has 0 saturated heterocycles. The van der Waals surface area contributed by atoms with E-state index in [1.165, 1.54) is 11.3 Å². The van der Waals surface area contributed by atoms with Gasteiger partial charge in [0.2, 0.25) is 10.0 Å². The predicted octanol–water partition coefficient (Wildman–Crippen LogP) is 1.61. The molecule has 4 nitrogen and oxygen atoms in total. The van der Waals surface area contributed by atoms with Crippen molar-refractivity contribution in [2.45, 2.75) is 10.6 Å². The Balaban J connectivity index is 1.91. The zero-order chi connectivity index (χ0) is 12.3. The third-order valence-electron chi connectivity index (χ3n) is 2.36. The molecule has 6 heteroatoms. The highest BCUT2D eigenvalue weighted by atomic mass is 32.2. The molecule has 0 amide bonds. The Kier molecular flexibility index (Phi) is 3.66. The van der Waals surface area contributed by atoms with Crippen LogP contribution in [0.25, 0.3) is 0 Å². The summed E-state index contributed by atoms with van der Waals surface area (Å²) in [7, 11) is -1.37. The summed E-state index contributed by atoms with van der Waals surface area (Å²) in [5.74, 6) is 0. The number of aromatic nitrogens is 1. The minimum Gasteiger partial charge on any atom is -0.357 e. The lowest BCUT2D eigenvalue weighted by atomic mass is 10.2. The molecule has 0 aliphatic carbocycles. The maximum atomic E-state index is 11.8. The fourth-order valence-corrected chi connectivity index (χ4v) is 3.60. The van der Waals surface area contributed by atoms with Crippen molar-refractivity contribution in [1.29, 1.82) is 0 Å². The topological polar surface area (TPSA) is 51.1 Å². The number of hydrogen-bond acceptors (Lipinski definition) is 3. The summed E-state index contributed by atoms with van der Waals surface area (Å²) in [5.41, 5.74) is 1.13. The normalized spacial score (nSPS) is 11.8. The van der Waals surface area contributed by atoms with Crippen LogP contribution in [0, 0.1) is 0 Å². The minimum atomic E-state index is -3.32. The molecular formula is C11H14N2O2S2. The molecule has 17 heavy (non-hydrogen) atoms. The molecule has 1 N–H and O–H groups in total. The number of thiophene rings is 1. The van der Waals surface area contributed by atoms with Gasteiger partial charge in [0.1, 0.15) is 4.21 Å². The molecule has 0 atom stereocenters. The third-order valence-corrected chi connectivity index (χ3v) is 5.22. The van der Waals surface area contributed by atoms with E-state index in [0.29, 0.717) is 17.2 Å². The number of sulfonamides is 1. The predicted molar refractivity (Wildman–Crippen MR) is 68.6 cm³/mol. The number of aryl methyl sites for hydroxylation is 1. The second-order valence-electron chi connectivity index (χ2n) is 3.77. The van der Waals surface area contributed by atoms with Crippen molar-refractivity contribution in [3.8, 4) is 0 Å². The largest absolute Gasteiger partial charge is 0.357 e. The van der Waals surface area contributed by atoms with Crippen LogP contribution in [0.3, 0.4) is 0 Å². The molecule has 0 spiro atoms. The maximum Gasteiger partial charge on any atom is 0.250 e. The Labute approximate surface area is 105 Å². The van der Waals surface area contributed by atoms with Gasteiger partial charge in [0.05, 0.1) is 0 Å². The highest BCUT2D eigenvalue weighted by Crippen LogP contribution is 2.15. The van der Waals surface area contributed by atoms with Crippen molar-refractivity contribution >= 4 is 21.4 Å². The summed E-state index contributed by atoms with van der Waals surface area (Å²) in [6.07, 6.45) is 4.63. The molecule has 2 aromatic heterocycles. The van der Waals surface area contributed by atoms with E-state index in [2.05, 4.69) is 4.72 Å². The Morgan fingerprint density at radius 2 is 2.24 bits per heavy atom. The summed E-state index contributed by atoms with van der Waals surface area (Å²) < 4.78 is 28.5. The fraction of sp³-hybridized carbons (Fsp3) is 0.273. The van der Waals surface area contributed by atoms with Gasteiger partial charge in [0, 0.05) is 26.0 Å². The zero-order valence-corrected chi connectivity index (χ0v) is 11.1. The Hall–Kier alpha value is -1.11. The second kappa shape index (κ2) is 5.03. The van der Waals surface area contributed by atoms with Crippen LogP contribution in [-0.2, 0) is 23.5 Å². The van der Waals surface area contributed by atoms with E-state index in [9.17, 15) is 8.42 Å². The van der Waals surface area contributed by atoms with Gasteiger partial charge in [-0.15, -0.1) is 11.3 Å². The summed E-state index contributed by atoms with van der Waals surface area (Å²) in [4.78, 5) is 0. The van der Waals surface area contributed by atoms with Crippen LogP contribution in [-0.4, -0.2) is 19.5 Å². The van der Waals surface area contributed by atoms with Crippen molar-refractivity contribution < 1.29 is 8.42 Å². The van der Waals surface area contributed by atoms with Crippen LogP contribution in [0.2, 0.25) is 0 Å². The molecule has 0 unspecified atom stereocenters. The van der Waals surface area contributed by atoms with Gasteiger partial charge in [0.25, 0.3) is 0 Å². The van der Waals surface area contributed by atoms with Crippen LogP contribution < -0.4 is 4.72 Å². The summed E-state index contributed by atoms with van der Waals surface area (Å²) >= 11 is 1.23. The fourth-order valence-electron chi connectivity index (χ4n) is 1.53. The van der Waals surface area contributed by atoms with Crippen LogP contribution >= 0.6 is 11.3 Å². The van der Waals surface area contributed by atoms with Crippen LogP contribution in [0.4, 0.5) is 0 Å². The van der Waals surface area contributed by atoms with Gasteiger partial charge in [-0.3, -0.25) is 0 Å². The lowest BCUT2D eigenvalue weighted by molar-refractivity contribution is 0.584. The molecule has 2 rings (SSSR count). The molecule has 0 aromatic carbocycles. The average Bonchev–Trinajstić information content (AvgIpc) is 2.89. The monoisotopic (exact) mass is 270 g/mol. The smallest absolute Gasteiger partial charge is 0.250 e. The van der Waals surface area contributed by atoms with E-state index >= 15 is 0 Å². The van der Waals surface area contributed by atoms with E-state index in [1.807, 2.05) is 30.1 Å². The van der Waals surface area contributed by atoms with Crippen molar-refractivity contribution in [1.82, 2.24) is 9.29 Å². The number of nitrogens with one attached hydrogen (secondary N) is 1. The molecule has 92 valence electrons.